The summed E-state index contributed by atoms with van der Waals surface area (Å²) in [4.78, 5) is 0. The molecule has 7 nitrogen and oxygen atoms in total. The van der Waals surface area contributed by atoms with Gasteiger partial charge in [-0.05, 0) is 24.4 Å². The molecule has 0 bridgehead atoms. The summed E-state index contributed by atoms with van der Waals surface area (Å²) < 4.78 is 41.8. The maximum atomic E-state index is 11.0. The van der Waals surface area contributed by atoms with Crippen LogP contribution in [0.5, 0.6) is 0 Å². The smallest absolute Gasteiger partial charge is 0.748 e. The van der Waals surface area contributed by atoms with Crippen molar-refractivity contribution in [1.29, 1.82) is 0 Å². The van der Waals surface area contributed by atoms with E-state index >= 15 is 0 Å². The van der Waals surface area contributed by atoms with Crippen molar-refractivity contribution in [3.63, 3.8) is 0 Å². The molecule has 1 aromatic heterocycles. The van der Waals surface area contributed by atoms with Crippen molar-refractivity contribution in [2.24, 2.45) is 0 Å². The van der Waals surface area contributed by atoms with Crippen molar-refractivity contribution in [3.8, 4) is 0 Å². The fraction of sp³-hybridized carbons (Fsp3) is 0.625. The van der Waals surface area contributed by atoms with Gasteiger partial charge in [-0.25, -0.2) is 8.42 Å². The second kappa shape index (κ2) is 7.05. The topological polar surface area (TPSA) is 103 Å². The Kier molecular flexibility index (Phi) is 6.55. The first-order chi connectivity index (χ1) is 8.43. The number of anilines is 1. The standard InChI is InChI=1S/C8H12N2O5S3.Na/c1-16-15-10(11)8-6-3-2-5(18(12,13)14)4-7(6)9-17-8;/h5,11H,2-4H2,1H3,(H,12,13,14);/q;+1/p-1. The molecule has 0 spiro atoms. The summed E-state index contributed by atoms with van der Waals surface area (Å²) in [6.07, 6.45) is 2.39. The van der Waals surface area contributed by atoms with Gasteiger partial charge in [0.1, 0.15) is 0 Å². The van der Waals surface area contributed by atoms with Crippen molar-refractivity contribution < 1.29 is 52.0 Å². The van der Waals surface area contributed by atoms with E-state index in [0.717, 1.165) is 29.1 Å². The van der Waals surface area contributed by atoms with Gasteiger partial charge < -0.3 is 4.55 Å². The molecular weight excluding hydrogens is 323 g/mol. The second-order valence-corrected chi connectivity index (χ2v) is 6.67. The van der Waals surface area contributed by atoms with E-state index in [4.69, 9.17) is 4.28 Å². The second-order valence-electron chi connectivity index (χ2n) is 3.78. The summed E-state index contributed by atoms with van der Waals surface area (Å²) >= 11 is 1.99. The molecule has 19 heavy (non-hydrogen) atoms. The van der Waals surface area contributed by atoms with Crippen LogP contribution in [0, 0.1) is 0 Å². The van der Waals surface area contributed by atoms with E-state index in [0.29, 0.717) is 22.3 Å². The Hall–Kier alpha value is 0.610. The Morgan fingerprint density at radius 3 is 2.89 bits per heavy atom. The molecule has 1 aliphatic carbocycles. The maximum Gasteiger partial charge on any atom is 1.00 e. The van der Waals surface area contributed by atoms with Crippen LogP contribution < -0.4 is 34.8 Å². The van der Waals surface area contributed by atoms with E-state index < -0.39 is 15.4 Å². The average Bonchev–Trinajstić information content (AvgIpc) is 2.70. The van der Waals surface area contributed by atoms with Gasteiger partial charge in [0.15, 0.2) is 5.00 Å². The molecule has 1 unspecified atom stereocenters. The minimum atomic E-state index is -4.29. The zero-order valence-corrected chi connectivity index (χ0v) is 14.8. The van der Waals surface area contributed by atoms with Gasteiger partial charge in [-0.15, -0.1) is 5.23 Å². The molecule has 1 heterocycles. The van der Waals surface area contributed by atoms with E-state index in [9.17, 15) is 18.2 Å². The van der Waals surface area contributed by atoms with Crippen LogP contribution in [0.3, 0.4) is 0 Å². The Bertz CT molecular complexity index is 534. The summed E-state index contributed by atoms with van der Waals surface area (Å²) in [5, 5.41) is 9.70. The zero-order chi connectivity index (χ0) is 13.3. The maximum absolute atomic E-state index is 11.0. The molecule has 0 amide bonds. The number of rotatable bonds is 4. The van der Waals surface area contributed by atoms with E-state index in [2.05, 4.69) is 4.37 Å². The zero-order valence-electron chi connectivity index (χ0n) is 10.4. The third-order valence-corrected chi connectivity index (χ3v) is 5.11. The molecule has 1 aliphatic rings. The Labute approximate surface area is 141 Å². The number of hydrogen-bond acceptors (Lipinski definition) is 9. The molecule has 0 fully saturated rings. The van der Waals surface area contributed by atoms with Crippen molar-refractivity contribution in [2.75, 3.05) is 11.5 Å². The van der Waals surface area contributed by atoms with Gasteiger partial charge in [-0.2, -0.15) is 8.66 Å². The van der Waals surface area contributed by atoms with Gasteiger partial charge in [0, 0.05) is 30.3 Å². The van der Waals surface area contributed by atoms with Gasteiger partial charge in [0.25, 0.3) is 0 Å². The summed E-state index contributed by atoms with van der Waals surface area (Å²) in [6, 6.07) is 0. The van der Waals surface area contributed by atoms with Crippen LogP contribution in [0.15, 0.2) is 0 Å². The first-order valence-electron chi connectivity index (χ1n) is 5.05. The fourth-order valence-corrected chi connectivity index (χ4v) is 3.72. The van der Waals surface area contributed by atoms with Crippen molar-refractivity contribution >= 4 is 38.7 Å². The molecule has 102 valence electrons. The quantitative estimate of drug-likeness (QED) is 0.291. The summed E-state index contributed by atoms with van der Waals surface area (Å²) in [6.45, 7) is 0. The molecule has 1 atom stereocenters. The fourth-order valence-electron chi connectivity index (χ4n) is 1.87. The Morgan fingerprint density at radius 1 is 1.63 bits per heavy atom. The van der Waals surface area contributed by atoms with Crippen LogP contribution in [0.2, 0.25) is 0 Å². The number of hydrogen-bond donors (Lipinski definition) is 1. The molecule has 0 saturated carbocycles. The van der Waals surface area contributed by atoms with Crippen LogP contribution in [0.1, 0.15) is 17.7 Å². The van der Waals surface area contributed by atoms with Crippen LogP contribution in [0.25, 0.3) is 0 Å². The van der Waals surface area contributed by atoms with Crippen LogP contribution in [0.4, 0.5) is 5.00 Å². The first-order valence-corrected chi connectivity index (χ1v) is 8.45. The molecule has 0 aromatic carbocycles. The van der Waals surface area contributed by atoms with Crippen molar-refractivity contribution in [3.05, 3.63) is 11.3 Å². The predicted molar refractivity (Wildman–Crippen MR) is 66.5 cm³/mol. The van der Waals surface area contributed by atoms with Crippen molar-refractivity contribution in [2.45, 2.75) is 24.5 Å². The van der Waals surface area contributed by atoms with Crippen LogP contribution in [-0.4, -0.2) is 34.1 Å². The van der Waals surface area contributed by atoms with E-state index in [1.807, 2.05) is 0 Å². The molecule has 1 aromatic rings. The third-order valence-electron chi connectivity index (χ3n) is 2.71. The molecule has 0 aliphatic heterocycles. The van der Waals surface area contributed by atoms with Gasteiger partial charge in [-0.1, -0.05) is 0 Å². The van der Waals surface area contributed by atoms with E-state index in [1.54, 1.807) is 6.26 Å². The Balaban J connectivity index is 0.00000180. The molecule has 1 N–H and O–H groups in total. The monoisotopic (exact) mass is 334 g/mol. The normalized spacial score (nSPS) is 18.6. The van der Waals surface area contributed by atoms with Gasteiger partial charge in [-0.3, -0.25) is 5.21 Å². The van der Waals surface area contributed by atoms with Crippen LogP contribution >= 0.6 is 23.6 Å². The third kappa shape index (κ3) is 4.05. The average molecular weight is 334 g/mol. The Morgan fingerprint density at radius 2 is 2.32 bits per heavy atom. The van der Waals surface area contributed by atoms with Gasteiger partial charge >= 0.3 is 29.6 Å². The molecule has 0 radical (unpaired) electrons. The molecule has 0 saturated heterocycles. The predicted octanol–water partition coefficient (Wildman–Crippen LogP) is -2.05. The number of nitrogens with zero attached hydrogens (tertiary/aromatic N) is 2. The first kappa shape index (κ1) is 17.7. The number of aromatic nitrogens is 1. The van der Waals surface area contributed by atoms with E-state index in [-0.39, 0.29) is 42.4 Å². The summed E-state index contributed by atoms with van der Waals surface area (Å²) in [5.41, 5.74) is 1.30. The molecule has 11 heteroatoms. The van der Waals surface area contributed by atoms with Gasteiger partial charge in [0.2, 0.25) is 0 Å². The minimum Gasteiger partial charge on any atom is -0.748 e. The molecular formula is C8H11N2NaO5S3. The van der Waals surface area contributed by atoms with Crippen LogP contribution in [-0.2, 0) is 27.2 Å². The molecule has 2 rings (SSSR count). The minimum absolute atomic E-state index is 0. The largest absolute Gasteiger partial charge is 1.00 e. The number of fused-ring (bicyclic) bond motifs is 1. The van der Waals surface area contributed by atoms with E-state index in [1.165, 1.54) is 0 Å². The summed E-state index contributed by atoms with van der Waals surface area (Å²) in [5.74, 6) is 0. The van der Waals surface area contributed by atoms with Crippen molar-refractivity contribution in [1.82, 2.24) is 4.37 Å². The summed E-state index contributed by atoms with van der Waals surface area (Å²) in [7, 11) is -4.29. The SMILES string of the molecule is CSON(O)c1snc2c1CCC(S(=O)(=O)[O-])C2.[Na+]. The van der Waals surface area contributed by atoms with Gasteiger partial charge in [0.05, 0.1) is 21.1 Å².